The SMILES string of the molecule is CCC1OC(=O)C(C)C(O[C@H]2C[C@@](C)(OC)[C@@H](O)C(C)O2)C(C)[C@@H](OC2OC(C)CC(N(C)C)[C@H]2OC(C)=O)[C@@](C)(O)CC(C)C(=O)[C@@H](C)[C@@H](O)[C@]1(C)O. The average Bonchev–Trinajstić information content (AvgIpc) is 3.08. The van der Waals surface area contributed by atoms with Gasteiger partial charge in [-0.2, -0.15) is 0 Å². The van der Waals surface area contributed by atoms with E-state index in [-0.39, 0.29) is 31.4 Å². The van der Waals surface area contributed by atoms with E-state index in [1.54, 1.807) is 41.5 Å². The molecule has 0 aromatic heterocycles. The Bertz CT molecular complexity index is 1280. The number of hydrogen-bond acceptors (Lipinski definition) is 15. The van der Waals surface area contributed by atoms with E-state index < -0.39 is 114 Å². The molecule has 3 rings (SSSR count). The third-order valence-corrected chi connectivity index (χ3v) is 12.1. The molecule has 0 spiro atoms. The maximum absolute atomic E-state index is 14.2. The van der Waals surface area contributed by atoms with E-state index in [2.05, 4.69) is 0 Å². The van der Waals surface area contributed by atoms with Gasteiger partial charge in [0, 0.05) is 38.2 Å². The highest BCUT2D eigenvalue weighted by Gasteiger charge is 2.54. The molecule has 0 aliphatic carbocycles. The number of aliphatic hydroxyl groups is 4. The molecule has 3 aliphatic rings. The molecule has 15 nitrogen and oxygen atoms in total. The molecule has 54 heavy (non-hydrogen) atoms. The Labute approximate surface area is 321 Å². The van der Waals surface area contributed by atoms with E-state index in [9.17, 15) is 34.8 Å². The molecule has 0 saturated carbocycles. The average molecular weight is 776 g/mol. The Hall–Kier alpha value is -1.79. The van der Waals surface area contributed by atoms with Gasteiger partial charge in [-0.1, -0.05) is 27.7 Å². The van der Waals surface area contributed by atoms with Gasteiger partial charge in [-0.3, -0.25) is 14.4 Å². The van der Waals surface area contributed by atoms with Crippen molar-refractivity contribution in [3.05, 3.63) is 0 Å². The second-order valence-corrected chi connectivity index (χ2v) is 17.1. The maximum Gasteiger partial charge on any atom is 0.311 e. The predicted molar refractivity (Wildman–Crippen MR) is 196 cm³/mol. The second kappa shape index (κ2) is 18.2. The smallest absolute Gasteiger partial charge is 0.311 e. The highest BCUT2D eigenvalue weighted by atomic mass is 16.7. The summed E-state index contributed by atoms with van der Waals surface area (Å²) in [5, 5.41) is 46.5. The van der Waals surface area contributed by atoms with Crippen molar-refractivity contribution >= 4 is 17.7 Å². The van der Waals surface area contributed by atoms with Gasteiger partial charge in [-0.05, 0) is 74.9 Å². The molecule has 0 bridgehead atoms. The van der Waals surface area contributed by atoms with Gasteiger partial charge >= 0.3 is 11.9 Å². The predicted octanol–water partition coefficient (Wildman–Crippen LogP) is 2.36. The van der Waals surface area contributed by atoms with Crippen LogP contribution in [0.25, 0.3) is 0 Å². The van der Waals surface area contributed by atoms with Crippen molar-refractivity contribution in [1.82, 2.24) is 4.90 Å². The van der Waals surface area contributed by atoms with Crippen LogP contribution in [-0.2, 0) is 47.5 Å². The molecule has 314 valence electrons. The monoisotopic (exact) mass is 775 g/mol. The largest absolute Gasteiger partial charge is 0.459 e. The summed E-state index contributed by atoms with van der Waals surface area (Å²) < 4.78 is 43.3. The Morgan fingerprint density at radius 1 is 0.907 bits per heavy atom. The first-order valence-corrected chi connectivity index (χ1v) is 19.4. The number of ether oxygens (including phenoxy) is 7. The van der Waals surface area contributed by atoms with E-state index in [4.69, 9.17) is 33.2 Å². The number of carbonyl (C=O) groups is 3. The van der Waals surface area contributed by atoms with E-state index in [0.29, 0.717) is 6.42 Å². The fourth-order valence-electron chi connectivity index (χ4n) is 8.71. The normalized spacial score (nSPS) is 47.5. The fraction of sp³-hybridized carbons (Fsp3) is 0.923. The van der Waals surface area contributed by atoms with Crippen LogP contribution >= 0.6 is 0 Å². The van der Waals surface area contributed by atoms with Gasteiger partial charge in [0.2, 0.25) is 0 Å². The molecule has 3 aliphatic heterocycles. The van der Waals surface area contributed by atoms with Crippen LogP contribution < -0.4 is 0 Å². The maximum atomic E-state index is 14.2. The molecule has 0 aromatic rings. The van der Waals surface area contributed by atoms with Crippen molar-refractivity contribution in [3.63, 3.8) is 0 Å². The Morgan fingerprint density at radius 3 is 2.06 bits per heavy atom. The molecule has 3 fully saturated rings. The van der Waals surface area contributed by atoms with Crippen LogP contribution in [0.15, 0.2) is 0 Å². The molecular weight excluding hydrogens is 706 g/mol. The Kier molecular flexibility index (Phi) is 15.7. The number of esters is 2. The molecule has 18 atom stereocenters. The van der Waals surface area contributed by atoms with Crippen molar-refractivity contribution in [2.45, 2.75) is 186 Å². The zero-order chi connectivity index (χ0) is 41.2. The van der Waals surface area contributed by atoms with Gasteiger partial charge in [0.15, 0.2) is 18.7 Å². The van der Waals surface area contributed by atoms with Gasteiger partial charge in [-0.25, -0.2) is 0 Å². The van der Waals surface area contributed by atoms with Crippen molar-refractivity contribution in [2.24, 2.45) is 23.7 Å². The first kappa shape index (κ1) is 46.6. The third kappa shape index (κ3) is 10.2. The van der Waals surface area contributed by atoms with Crippen molar-refractivity contribution in [3.8, 4) is 0 Å². The standard InChI is InChI=1S/C39H69NO14/c1-15-27-39(11,47)32(43)21(4)29(42)19(2)17-37(9,46)34(54-36-31(51-25(8)41)26(40(12)13)16-20(3)49-36)22(5)30(23(6)35(45)52-27)53-28-18-38(10,48-14)33(44)24(7)50-28/h19-24,26-28,30-34,36,43-44,46-47H,15-18H2,1-14H3/t19?,20?,21-,22?,23?,24?,26?,27?,28+,30?,31-,32-,33+,34-,36?,37+,38-,39-/m1/s1. The van der Waals surface area contributed by atoms with Gasteiger partial charge in [0.25, 0.3) is 0 Å². The number of likely N-dealkylation sites (N-methyl/N-ethyl adjacent to an activating group) is 1. The van der Waals surface area contributed by atoms with Gasteiger partial charge < -0.3 is 58.5 Å². The lowest BCUT2D eigenvalue weighted by Crippen LogP contribution is -2.61. The lowest BCUT2D eigenvalue weighted by atomic mass is 9.74. The van der Waals surface area contributed by atoms with Crippen LogP contribution in [0.5, 0.6) is 0 Å². The van der Waals surface area contributed by atoms with E-state index in [1.165, 1.54) is 34.8 Å². The molecule has 9 unspecified atom stereocenters. The summed E-state index contributed by atoms with van der Waals surface area (Å²) >= 11 is 0. The Balaban J connectivity index is 2.23. The van der Waals surface area contributed by atoms with Crippen molar-refractivity contribution < 1.29 is 68.0 Å². The summed E-state index contributed by atoms with van der Waals surface area (Å²) in [5.41, 5.74) is -4.92. The summed E-state index contributed by atoms with van der Waals surface area (Å²) in [4.78, 5) is 42.4. The molecule has 0 radical (unpaired) electrons. The lowest BCUT2D eigenvalue weighted by Gasteiger charge is -2.49. The number of ketones is 1. The van der Waals surface area contributed by atoms with E-state index in [0.717, 1.165) is 0 Å². The third-order valence-electron chi connectivity index (χ3n) is 12.1. The van der Waals surface area contributed by atoms with Gasteiger partial charge in [-0.15, -0.1) is 0 Å². The molecule has 3 heterocycles. The van der Waals surface area contributed by atoms with Crippen LogP contribution in [0.2, 0.25) is 0 Å². The molecular formula is C39H69NO14. The van der Waals surface area contributed by atoms with Crippen LogP contribution in [0, 0.1) is 23.7 Å². The molecule has 3 saturated heterocycles. The summed E-state index contributed by atoms with van der Waals surface area (Å²) in [5.74, 6) is -5.68. The molecule has 15 heteroatoms. The summed E-state index contributed by atoms with van der Waals surface area (Å²) in [7, 11) is 5.19. The first-order chi connectivity index (χ1) is 24.8. The second-order valence-electron chi connectivity index (χ2n) is 17.1. The number of hydrogen-bond donors (Lipinski definition) is 4. The van der Waals surface area contributed by atoms with Crippen molar-refractivity contribution in [1.29, 1.82) is 0 Å². The molecule has 0 aromatic carbocycles. The zero-order valence-corrected chi connectivity index (χ0v) is 34.8. The summed E-state index contributed by atoms with van der Waals surface area (Å²) in [6.07, 6.45) is -9.80. The molecule has 4 N–H and O–H groups in total. The molecule has 0 amide bonds. The van der Waals surface area contributed by atoms with Crippen LogP contribution in [-0.4, -0.2) is 149 Å². The van der Waals surface area contributed by atoms with Crippen LogP contribution in [0.1, 0.15) is 102 Å². The number of carbonyl (C=O) groups excluding carboxylic acids is 3. The summed E-state index contributed by atoms with van der Waals surface area (Å²) in [6.45, 7) is 17.6. The number of rotatable bonds is 8. The fourth-order valence-corrected chi connectivity index (χ4v) is 8.71. The van der Waals surface area contributed by atoms with Gasteiger partial charge in [0.1, 0.15) is 23.6 Å². The highest BCUT2D eigenvalue weighted by Crippen LogP contribution is 2.41. The first-order valence-electron chi connectivity index (χ1n) is 19.4. The number of methoxy groups -OCH3 is 1. The number of Topliss-reactive ketones (excluding diaryl/α,β-unsaturated/α-hetero) is 1. The minimum Gasteiger partial charge on any atom is -0.459 e. The van der Waals surface area contributed by atoms with Crippen molar-refractivity contribution in [2.75, 3.05) is 21.2 Å². The number of cyclic esters (lactones) is 1. The van der Waals surface area contributed by atoms with Gasteiger partial charge in [0.05, 0.1) is 53.7 Å². The zero-order valence-electron chi connectivity index (χ0n) is 34.8. The minimum absolute atomic E-state index is 0.0755. The summed E-state index contributed by atoms with van der Waals surface area (Å²) in [6, 6.07) is -0.320. The van der Waals surface area contributed by atoms with E-state index in [1.807, 2.05) is 25.9 Å². The minimum atomic E-state index is -2.01. The quantitative estimate of drug-likeness (QED) is 0.262. The van der Waals surface area contributed by atoms with Crippen LogP contribution in [0.3, 0.4) is 0 Å². The Morgan fingerprint density at radius 2 is 1.52 bits per heavy atom. The number of nitrogens with zero attached hydrogens (tertiary/aromatic N) is 1. The van der Waals surface area contributed by atoms with Crippen LogP contribution in [0.4, 0.5) is 0 Å². The van der Waals surface area contributed by atoms with E-state index >= 15 is 0 Å². The topological polar surface area (TPSA) is 200 Å². The number of aliphatic hydroxyl groups excluding tert-OH is 2. The lowest BCUT2D eigenvalue weighted by molar-refractivity contribution is -0.318. The highest BCUT2D eigenvalue weighted by molar-refractivity contribution is 5.83.